The fourth-order valence-corrected chi connectivity index (χ4v) is 2.75. The highest BCUT2D eigenvalue weighted by molar-refractivity contribution is 5.93. The lowest BCUT2D eigenvalue weighted by atomic mass is 9.82. The summed E-state index contributed by atoms with van der Waals surface area (Å²) in [6, 6.07) is 7.53. The number of hydrogen-bond acceptors (Lipinski definition) is 7. The summed E-state index contributed by atoms with van der Waals surface area (Å²) >= 11 is 0. The van der Waals surface area contributed by atoms with Crippen molar-refractivity contribution in [3.63, 3.8) is 0 Å². The zero-order valence-corrected chi connectivity index (χ0v) is 15.0. The minimum absolute atomic E-state index is 0.0418. The van der Waals surface area contributed by atoms with E-state index in [9.17, 15) is 19.2 Å². The van der Waals surface area contributed by atoms with E-state index in [4.69, 9.17) is 19.9 Å². The maximum Gasteiger partial charge on any atom is 0.338 e. The van der Waals surface area contributed by atoms with Crippen molar-refractivity contribution in [1.82, 2.24) is 0 Å². The molecule has 0 radical (unpaired) electrons. The molecule has 1 atom stereocenters. The number of nitrogens with two attached hydrogens (primary N) is 1. The van der Waals surface area contributed by atoms with Crippen LogP contribution in [0, 0.1) is 17.1 Å². The number of ether oxygens (including phenoxy) is 3. The number of allylic oxidation sites excluding steroid dienone is 1. The predicted molar refractivity (Wildman–Crippen MR) is 92.0 cm³/mol. The van der Waals surface area contributed by atoms with Gasteiger partial charge in [0, 0.05) is 5.56 Å². The second-order valence-corrected chi connectivity index (χ2v) is 5.49. The lowest BCUT2D eigenvalue weighted by molar-refractivity contribution is -0.143. The Hall–Kier alpha value is -3.34. The van der Waals surface area contributed by atoms with E-state index in [-0.39, 0.29) is 41.6 Å². The number of carbonyl (C=O) groups is 2. The van der Waals surface area contributed by atoms with E-state index < -0.39 is 30.1 Å². The molecular weight excluding hydrogens is 355 g/mol. The number of nitriles is 1. The highest BCUT2D eigenvalue weighted by atomic mass is 19.1. The summed E-state index contributed by atoms with van der Waals surface area (Å²) < 4.78 is 29.8. The number of nitrogens with zero attached hydrogens (tertiary/aromatic N) is 1. The summed E-state index contributed by atoms with van der Waals surface area (Å²) in [5, 5.41) is 9.51. The second-order valence-electron chi connectivity index (χ2n) is 5.49. The molecule has 1 aliphatic rings. The third-order valence-electron chi connectivity index (χ3n) is 3.82. The molecule has 0 aromatic heterocycles. The molecule has 0 aliphatic carbocycles. The van der Waals surface area contributed by atoms with Crippen LogP contribution in [0.3, 0.4) is 0 Å². The molecule has 142 valence electrons. The van der Waals surface area contributed by atoms with Crippen LogP contribution in [0.5, 0.6) is 0 Å². The second kappa shape index (κ2) is 8.85. The van der Waals surface area contributed by atoms with Crippen LogP contribution in [-0.2, 0) is 23.8 Å². The Morgan fingerprint density at radius 1 is 1.26 bits per heavy atom. The Kier molecular flexibility index (Phi) is 6.55. The molecule has 1 aromatic carbocycles. The molecule has 0 saturated heterocycles. The van der Waals surface area contributed by atoms with Crippen molar-refractivity contribution in [2.75, 3.05) is 13.2 Å². The molecule has 27 heavy (non-hydrogen) atoms. The van der Waals surface area contributed by atoms with Crippen molar-refractivity contribution in [2.24, 2.45) is 5.73 Å². The zero-order chi connectivity index (χ0) is 20.0. The molecule has 7 nitrogen and oxygen atoms in total. The molecule has 0 bridgehead atoms. The van der Waals surface area contributed by atoms with Gasteiger partial charge in [-0.05, 0) is 19.9 Å². The monoisotopic (exact) mass is 374 g/mol. The van der Waals surface area contributed by atoms with Gasteiger partial charge in [0.25, 0.3) is 0 Å². The van der Waals surface area contributed by atoms with Gasteiger partial charge in [0.05, 0.1) is 24.7 Å². The first-order chi connectivity index (χ1) is 12.9. The van der Waals surface area contributed by atoms with Crippen LogP contribution in [0.15, 0.2) is 47.1 Å². The average molecular weight is 374 g/mol. The van der Waals surface area contributed by atoms with Gasteiger partial charge in [-0.25, -0.2) is 9.18 Å². The number of hydrogen-bond donors (Lipinski definition) is 1. The van der Waals surface area contributed by atoms with Crippen LogP contribution < -0.4 is 5.73 Å². The van der Waals surface area contributed by atoms with Crippen LogP contribution >= 0.6 is 0 Å². The largest absolute Gasteiger partial charge is 0.466 e. The Labute approximate surface area is 155 Å². The molecule has 0 spiro atoms. The first kappa shape index (κ1) is 20.0. The highest BCUT2D eigenvalue weighted by Gasteiger charge is 2.39. The summed E-state index contributed by atoms with van der Waals surface area (Å²) in [4.78, 5) is 24.5. The normalized spacial score (nSPS) is 16.4. The van der Waals surface area contributed by atoms with E-state index in [1.54, 1.807) is 19.9 Å². The molecule has 0 saturated carbocycles. The first-order valence-corrected chi connectivity index (χ1v) is 8.32. The first-order valence-electron chi connectivity index (χ1n) is 8.32. The quantitative estimate of drug-likeness (QED) is 0.761. The maximum atomic E-state index is 14.5. The Bertz CT molecular complexity index is 854. The number of benzene rings is 1. The summed E-state index contributed by atoms with van der Waals surface area (Å²) in [6.45, 7) is 3.40. The summed E-state index contributed by atoms with van der Waals surface area (Å²) in [5.74, 6) is -3.72. The van der Waals surface area contributed by atoms with Crippen LogP contribution in [0.25, 0.3) is 0 Å². The SMILES string of the molecule is CCOC(=O)CC1=C(C(=O)OCC)[C@H](c2ccccc2F)C(C#N)=C(N)O1. The molecule has 8 heteroatoms. The van der Waals surface area contributed by atoms with Crippen LogP contribution in [0.1, 0.15) is 31.7 Å². The van der Waals surface area contributed by atoms with Crippen molar-refractivity contribution in [2.45, 2.75) is 26.2 Å². The van der Waals surface area contributed by atoms with Crippen molar-refractivity contribution in [3.05, 3.63) is 58.4 Å². The standard InChI is InChI=1S/C19H19FN2O5/c1-3-25-15(23)9-14-17(19(24)26-4-2)16(12(10-21)18(22)27-14)11-7-5-6-8-13(11)20/h5-8,16H,3-4,9,22H2,1-2H3/t16-/m1/s1. The van der Waals surface area contributed by atoms with Gasteiger partial charge in [0.15, 0.2) is 0 Å². The molecule has 0 amide bonds. The van der Waals surface area contributed by atoms with Crippen molar-refractivity contribution < 1.29 is 28.2 Å². The maximum absolute atomic E-state index is 14.5. The Balaban J connectivity index is 2.66. The van der Waals surface area contributed by atoms with Gasteiger partial charge in [-0.2, -0.15) is 5.26 Å². The van der Waals surface area contributed by atoms with Gasteiger partial charge in [-0.1, -0.05) is 18.2 Å². The fourth-order valence-electron chi connectivity index (χ4n) is 2.75. The highest BCUT2D eigenvalue weighted by Crippen LogP contribution is 2.41. The molecular formula is C19H19FN2O5. The number of rotatable bonds is 6. The number of esters is 2. The van der Waals surface area contributed by atoms with Gasteiger partial charge in [0.2, 0.25) is 5.88 Å². The third kappa shape index (κ3) is 4.26. The molecule has 1 aliphatic heterocycles. The van der Waals surface area contributed by atoms with E-state index >= 15 is 0 Å². The molecule has 0 unspecified atom stereocenters. The van der Waals surface area contributed by atoms with Crippen LogP contribution in [-0.4, -0.2) is 25.2 Å². The van der Waals surface area contributed by atoms with Gasteiger partial charge in [-0.15, -0.1) is 0 Å². The molecule has 1 heterocycles. The molecule has 2 N–H and O–H groups in total. The smallest absolute Gasteiger partial charge is 0.338 e. The topological polar surface area (TPSA) is 112 Å². The number of carbonyl (C=O) groups excluding carboxylic acids is 2. The number of halogens is 1. The minimum Gasteiger partial charge on any atom is -0.466 e. The summed E-state index contributed by atoms with van der Waals surface area (Å²) in [6.07, 6.45) is -0.410. The fraction of sp³-hybridized carbons (Fsp3) is 0.316. The van der Waals surface area contributed by atoms with Gasteiger partial charge >= 0.3 is 11.9 Å². The molecule has 2 rings (SSSR count). The van der Waals surface area contributed by atoms with E-state index in [1.807, 2.05) is 6.07 Å². The van der Waals surface area contributed by atoms with E-state index in [1.165, 1.54) is 18.2 Å². The lowest BCUT2D eigenvalue weighted by Crippen LogP contribution is -2.28. The zero-order valence-electron chi connectivity index (χ0n) is 15.0. The van der Waals surface area contributed by atoms with E-state index in [0.717, 1.165) is 0 Å². The Morgan fingerprint density at radius 3 is 2.52 bits per heavy atom. The summed E-state index contributed by atoms with van der Waals surface area (Å²) in [5.41, 5.74) is 5.57. The van der Waals surface area contributed by atoms with E-state index in [2.05, 4.69) is 0 Å². The van der Waals surface area contributed by atoms with Crippen molar-refractivity contribution in [3.8, 4) is 6.07 Å². The van der Waals surface area contributed by atoms with Gasteiger partial charge in [0.1, 0.15) is 29.6 Å². The lowest BCUT2D eigenvalue weighted by Gasteiger charge is -2.28. The van der Waals surface area contributed by atoms with Gasteiger partial charge in [-0.3, -0.25) is 4.79 Å². The average Bonchev–Trinajstić information content (AvgIpc) is 2.62. The minimum atomic E-state index is -1.16. The van der Waals surface area contributed by atoms with E-state index in [0.29, 0.717) is 0 Å². The van der Waals surface area contributed by atoms with Gasteiger partial charge < -0.3 is 19.9 Å². The Morgan fingerprint density at radius 2 is 1.93 bits per heavy atom. The van der Waals surface area contributed by atoms with Crippen molar-refractivity contribution >= 4 is 11.9 Å². The van der Waals surface area contributed by atoms with Crippen LogP contribution in [0.4, 0.5) is 4.39 Å². The third-order valence-corrected chi connectivity index (χ3v) is 3.82. The molecule has 0 fully saturated rings. The summed E-state index contributed by atoms with van der Waals surface area (Å²) in [7, 11) is 0. The molecule has 1 aromatic rings. The predicted octanol–water partition coefficient (Wildman–Crippen LogP) is 2.40. The van der Waals surface area contributed by atoms with Crippen LogP contribution in [0.2, 0.25) is 0 Å². The van der Waals surface area contributed by atoms with Crippen molar-refractivity contribution in [1.29, 1.82) is 5.26 Å².